The molecule has 1 aliphatic heterocycles. The Morgan fingerprint density at radius 2 is 2.00 bits per heavy atom. The van der Waals surface area contributed by atoms with Crippen LogP contribution in [0.25, 0.3) is 0 Å². The van der Waals surface area contributed by atoms with Gasteiger partial charge in [-0.1, -0.05) is 35.5 Å². The third kappa shape index (κ3) is 6.79. The topological polar surface area (TPSA) is 73.8 Å². The summed E-state index contributed by atoms with van der Waals surface area (Å²) in [7, 11) is 3.32. The number of rotatable bonds is 9. The van der Waals surface area contributed by atoms with Crippen LogP contribution in [0.2, 0.25) is 5.02 Å². The van der Waals surface area contributed by atoms with Crippen LogP contribution < -0.4 is 9.64 Å². The van der Waals surface area contributed by atoms with Gasteiger partial charge in [-0.15, -0.1) is 0 Å². The van der Waals surface area contributed by atoms with Crippen LogP contribution in [0.15, 0.2) is 71.7 Å². The van der Waals surface area contributed by atoms with E-state index in [0.717, 1.165) is 85.4 Å². The first kappa shape index (κ1) is 32.5. The van der Waals surface area contributed by atoms with E-state index in [2.05, 4.69) is 33.1 Å². The van der Waals surface area contributed by atoms with Crippen molar-refractivity contribution in [2.45, 2.75) is 68.0 Å². The van der Waals surface area contributed by atoms with Crippen molar-refractivity contribution < 1.29 is 19.0 Å². The Bertz CT molecular complexity index is 1620. The van der Waals surface area contributed by atoms with Gasteiger partial charge in [-0.05, 0) is 122 Å². The quantitative estimate of drug-likeness (QED) is 0.0981. The summed E-state index contributed by atoms with van der Waals surface area (Å²) in [5.41, 5.74) is 5.49. The second kappa shape index (κ2) is 14.2. The van der Waals surface area contributed by atoms with Crippen LogP contribution >= 0.6 is 23.4 Å². The van der Waals surface area contributed by atoms with E-state index in [1.54, 1.807) is 11.8 Å². The molecule has 3 aliphatic carbocycles. The van der Waals surface area contributed by atoms with Crippen molar-refractivity contribution in [1.29, 1.82) is 0 Å². The summed E-state index contributed by atoms with van der Waals surface area (Å²) in [4.78, 5) is 23.9. The highest BCUT2D eigenvalue weighted by molar-refractivity contribution is 7.99. The number of anilines is 1. The average molecular weight is 674 g/mol. The fourth-order valence-electron chi connectivity index (χ4n) is 8.33. The maximum absolute atomic E-state index is 12.6. The van der Waals surface area contributed by atoms with Gasteiger partial charge in [0.05, 0.1) is 31.1 Å². The average Bonchev–Trinajstić information content (AvgIpc) is 3.25. The Morgan fingerprint density at radius 1 is 1.13 bits per heavy atom. The number of fused-ring (bicyclic) bond motifs is 3. The van der Waals surface area contributed by atoms with Crippen molar-refractivity contribution in [2.24, 2.45) is 17.8 Å². The molecule has 248 valence electrons. The lowest BCUT2D eigenvalue weighted by molar-refractivity contribution is 0.00323. The smallest absolute Gasteiger partial charge is 0.337 e. The van der Waals surface area contributed by atoms with Crippen LogP contribution in [0.1, 0.15) is 66.4 Å². The molecule has 47 heavy (non-hydrogen) atoms. The minimum absolute atomic E-state index is 0.135. The zero-order valence-electron chi connectivity index (χ0n) is 27.3. The number of nitrogens with zero attached hydrogens (tertiary/aromatic N) is 3. The zero-order valence-corrected chi connectivity index (χ0v) is 28.9. The molecule has 9 heteroatoms. The second-order valence-electron chi connectivity index (χ2n) is 13.7. The molecule has 0 unspecified atom stereocenters. The number of aromatic nitrogens is 2. The molecule has 1 saturated carbocycles. The number of hydrogen-bond acceptors (Lipinski definition) is 8. The van der Waals surface area contributed by atoms with Crippen LogP contribution in [0.5, 0.6) is 5.75 Å². The van der Waals surface area contributed by atoms with Gasteiger partial charge in [0.15, 0.2) is 5.16 Å². The predicted molar refractivity (Wildman–Crippen MR) is 187 cm³/mol. The monoisotopic (exact) mass is 673 g/mol. The van der Waals surface area contributed by atoms with Crippen molar-refractivity contribution in [1.82, 2.24) is 9.97 Å². The summed E-state index contributed by atoms with van der Waals surface area (Å²) >= 11 is 8.21. The highest BCUT2D eigenvalue weighted by Crippen LogP contribution is 2.48. The molecule has 3 aromatic rings. The molecule has 7 rings (SSSR count). The number of aryl methyl sites for hydroxylation is 1. The largest absolute Gasteiger partial charge is 0.490 e. The van der Waals surface area contributed by atoms with Gasteiger partial charge in [-0.2, -0.15) is 0 Å². The Balaban J connectivity index is 1.11. The lowest BCUT2D eigenvalue weighted by Gasteiger charge is -2.47. The first-order chi connectivity index (χ1) is 23.0. The van der Waals surface area contributed by atoms with Crippen LogP contribution in [-0.2, 0) is 21.3 Å². The number of benzene rings is 2. The number of esters is 1. The molecule has 0 saturated heterocycles. The molecule has 0 amide bonds. The molecule has 2 aromatic carbocycles. The maximum Gasteiger partial charge on any atom is 0.337 e. The van der Waals surface area contributed by atoms with E-state index >= 15 is 0 Å². The molecule has 5 atom stereocenters. The Hall–Kier alpha value is -3.07. The lowest BCUT2D eigenvalue weighted by atomic mass is 9.66. The molecule has 1 aromatic heterocycles. The minimum Gasteiger partial charge on any atom is -0.490 e. The number of ether oxygens (including phenoxy) is 3. The number of methoxy groups -OCH3 is 2. The van der Waals surface area contributed by atoms with Gasteiger partial charge < -0.3 is 19.1 Å². The molecule has 0 radical (unpaired) electrons. The van der Waals surface area contributed by atoms with E-state index in [4.69, 9.17) is 25.8 Å². The highest BCUT2D eigenvalue weighted by atomic mass is 35.5. The van der Waals surface area contributed by atoms with Crippen LogP contribution in [0.3, 0.4) is 0 Å². The fraction of sp³-hybridized carbons (Fsp3) is 0.500. The first-order valence-corrected chi connectivity index (χ1v) is 18.3. The number of carbonyl (C=O) groups is 1. The fourth-order valence-corrected chi connectivity index (χ4v) is 9.49. The van der Waals surface area contributed by atoms with Gasteiger partial charge in [-0.3, -0.25) is 0 Å². The normalized spacial score (nSPS) is 25.8. The summed E-state index contributed by atoms with van der Waals surface area (Å²) in [6, 6.07) is 14.0. The Kier molecular flexibility index (Phi) is 9.81. The number of carbonyl (C=O) groups excluding carboxylic acids is 1. The van der Waals surface area contributed by atoms with Crippen molar-refractivity contribution in [2.75, 3.05) is 44.6 Å². The molecule has 0 bridgehead atoms. The zero-order chi connectivity index (χ0) is 32.4. The van der Waals surface area contributed by atoms with Gasteiger partial charge in [0.1, 0.15) is 5.75 Å². The van der Waals surface area contributed by atoms with Gasteiger partial charge in [0, 0.05) is 48.8 Å². The van der Waals surface area contributed by atoms with E-state index < -0.39 is 0 Å². The molecule has 0 N–H and O–H groups in total. The molecule has 4 aliphatic rings. The van der Waals surface area contributed by atoms with Crippen molar-refractivity contribution in [3.05, 3.63) is 88.2 Å². The third-order valence-electron chi connectivity index (χ3n) is 10.9. The van der Waals surface area contributed by atoms with E-state index in [-0.39, 0.29) is 17.5 Å². The molecule has 1 fully saturated rings. The number of thioether (sulfide) groups is 1. The molecular weight excluding hydrogens is 630 g/mol. The first-order valence-electron chi connectivity index (χ1n) is 17.0. The van der Waals surface area contributed by atoms with E-state index in [0.29, 0.717) is 29.9 Å². The molecule has 2 heterocycles. The van der Waals surface area contributed by atoms with Crippen LogP contribution in [-0.4, -0.2) is 61.7 Å². The molecular formula is C38H44ClN3O4S. The van der Waals surface area contributed by atoms with E-state index in [1.807, 2.05) is 49.8 Å². The van der Waals surface area contributed by atoms with Crippen molar-refractivity contribution in [3.8, 4) is 5.75 Å². The molecule has 7 nitrogen and oxygen atoms in total. The van der Waals surface area contributed by atoms with Crippen molar-refractivity contribution in [3.63, 3.8) is 0 Å². The standard InChI is InChI=1S/C38H44ClN3O4S/c1-44-35(26-8-6-25(7-9-26)22-47-37-40-17-4-18-41-37)31-13-10-29(31)21-42-23-38(16-3-5-27-19-30(39)12-14-32(27)38)24-46-34-15-11-28(20-33(34)42)36(43)45-2/h4,8,11-12,14-15,17-20,25,29,31,35H,3,5-7,9-10,13,16,21-24H2,1-2H3/t25-,29+,31-,35+,38+/m1/s1. The SMILES string of the molecule is COC(=O)c1ccc2c(c1)N(C[C@@H]1CC[C@H]1[C@@H](OC)C1=CC[C@@H](CSc3ncccn3)CC1)C[C@@]1(CCCc3cc(Cl)ccc31)CO2. The van der Waals surface area contributed by atoms with Crippen molar-refractivity contribution >= 4 is 35.0 Å². The van der Waals surface area contributed by atoms with E-state index in [9.17, 15) is 4.79 Å². The summed E-state index contributed by atoms with van der Waals surface area (Å²) in [5.74, 6) is 3.10. The summed E-state index contributed by atoms with van der Waals surface area (Å²) < 4.78 is 18.0. The van der Waals surface area contributed by atoms with Gasteiger partial charge in [0.25, 0.3) is 0 Å². The Morgan fingerprint density at radius 3 is 2.74 bits per heavy atom. The van der Waals surface area contributed by atoms with Gasteiger partial charge in [-0.25, -0.2) is 14.8 Å². The highest BCUT2D eigenvalue weighted by Gasteiger charge is 2.45. The predicted octanol–water partition coefficient (Wildman–Crippen LogP) is 7.95. The van der Waals surface area contributed by atoms with Gasteiger partial charge >= 0.3 is 5.97 Å². The van der Waals surface area contributed by atoms with Gasteiger partial charge in [0.2, 0.25) is 0 Å². The number of halogens is 1. The third-order valence-corrected chi connectivity index (χ3v) is 12.3. The number of allylic oxidation sites excluding steroid dienone is 1. The lowest BCUT2D eigenvalue weighted by Crippen LogP contribution is -2.50. The second-order valence-corrected chi connectivity index (χ2v) is 15.1. The maximum atomic E-state index is 12.6. The summed E-state index contributed by atoms with van der Waals surface area (Å²) in [6.45, 7) is 2.31. The Labute approximate surface area is 287 Å². The minimum atomic E-state index is -0.331. The summed E-state index contributed by atoms with van der Waals surface area (Å²) in [5, 5.41) is 1.64. The van der Waals surface area contributed by atoms with Crippen LogP contribution in [0.4, 0.5) is 5.69 Å². The molecule has 1 spiro atoms. The van der Waals surface area contributed by atoms with E-state index in [1.165, 1.54) is 30.2 Å². The summed E-state index contributed by atoms with van der Waals surface area (Å²) in [6.07, 6.45) is 15.0. The number of hydrogen-bond donors (Lipinski definition) is 0. The van der Waals surface area contributed by atoms with Crippen LogP contribution in [0, 0.1) is 17.8 Å².